The maximum atomic E-state index is 12.1. The number of amides is 1. The van der Waals surface area contributed by atoms with Crippen molar-refractivity contribution in [1.82, 2.24) is 10.2 Å². The van der Waals surface area contributed by atoms with Gasteiger partial charge in [-0.2, -0.15) is 0 Å². The second kappa shape index (κ2) is 8.53. The number of hydrogen-bond donors (Lipinski definition) is 1. The third-order valence-corrected chi connectivity index (χ3v) is 4.58. The fourth-order valence-corrected chi connectivity index (χ4v) is 2.89. The van der Waals surface area contributed by atoms with Crippen LogP contribution < -0.4 is 10.1 Å². The number of aryl methyl sites for hydroxylation is 1. The quantitative estimate of drug-likeness (QED) is 0.362. The van der Waals surface area contributed by atoms with Crippen LogP contribution in [0.4, 0.5) is 11.4 Å². The summed E-state index contributed by atoms with van der Waals surface area (Å²) < 4.78 is 10.6. The van der Waals surface area contributed by atoms with E-state index in [1.165, 1.54) is 6.07 Å². The Morgan fingerprint density at radius 3 is 2.68 bits per heavy atom. The molecule has 0 fully saturated rings. The third-order valence-electron chi connectivity index (χ3n) is 3.76. The molecule has 0 aliphatic rings. The summed E-state index contributed by atoms with van der Waals surface area (Å²) in [7, 11) is 1.58. The van der Waals surface area contributed by atoms with Crippen LogP contribution in [0.1, 0.15) is 5.56 Å². The maximum Gasteiger partial charge on any atom is 0.277 e. The van der Waals surface area contributed by atoms with Gasteiger partial charge >= 0.3 is 0 Å². The number of ether oxygens (including phenoxy) is 1. The van der Waals surface area contributed by atoms with Crippen LogP contribution in [-0.4, -0.2) is 33.9 Å². The van der Waals surface area contributed by atoms with E-state index in [4.69, 9.17) is 9.15 Å². The van der Waals surface area contributed by atoms with Crippen molar-refractivity contribution >= 4 is 29.0 Å². The molecule has 1 aromatic heterocycles. The Kier molecular flexibility index (Phi) is 5.90. The topological polar surface area (TPSA) is 120 Å². The summed E-state index contributed by atoms with van der Waals surface area (Å²) in [5.74, 6) is 0.726. The van der Waals surface area contributed by atoms with Gasteiger partial charge in [-0.25, -0.2) is 0 Å². The zero-order valence-electron chi connectivity index (χ0n) is 15.0. The largest absolute Gasteiger partial charge is 0.497 e. The molecule has 2 aromatic carbocycles. The van der Waals surface area contributed by atoms with Crippen molar-refractivity contribution in [3.05, 3.63) is 58.1 Å². The molecule has 0 aliphatic heterocycles. The summed E-state index contributed by atoms with van der Waals surface area (Å²) in [6.07, 6.45) is 0. The second-order valence-electron chi connectivity index (χ2n) is 5.70. The Morgan fingerprint density at radius 2 is 2.00 bits per heavy atom. The van der Waals surface area contributed by atoms with Gasteiger partial charge in [0.15, 0.2) is 0 Å². The molecular weight excluding hydrogens is 384 g/mol. The molecule has 10 heteroatoms. The van der Waals surface area contributed by atoms with Crippen molar-refractivity contribution in [3.8, 4) is 17.2 Å². The zero-order valence-corrected chi connectivity index (χ0v) is 15.9. The molecule has 0 radical (unpaired) electrons. The summed E-state index contributed by atoms with van der Waals surface area (Å²) >= 11 is 1.07. The number of anilines is 1. The Bertz CT molecular complexity index is 1000. The van der Waals surface area contributed by atoms with Crippen molar-refractivity contribution in [2.45, 2.75) is 12.1 Å². The molecule has 1 N–H and O–H groups in total. The van der Waals surface area contributed by atoms with Crippen molar-refractivity contribution in [3.63, 3.8) is 0 Å². The van der Waals surface area contributed by atoms with Crippen LogP contribution in [0.15, 0.2) is 52.1 Å². The zero-order chi connectivity index (χ0) is 20.1. The SMILES string of the molecule is COc1ccc(-c2nnc(SCC(=O)Nc3ccc(C)c([N+](=O)[O-])c3)o2)cc1. The van der Waals surface area contributed by atoms with E-state index in [-0.39, 0.29) is 22.6 Å². The van der Waals surface area contributed by atoms with E-state index in [1.807, 2.05) is 0 Å². The Balaban J connectivity index is 1.58. The Labute approximate surface area is 164 Å². The van der Waals surface area contributed by atoms with Gasteiger partial charge in [0.1, 0.15) is 5.75 Å². The normalized spacial score (nSPS) is 10.5. The molecule has 0 atom stereocenters. The summed E-state index contributed by atoms with van der Waals surface area (Å²) in [6, 6.07) is 11.7. The van der Waals surface area contributed by atoms with E-state index in [0.717, 1.165) is 17.3 Å². The highest BCUT2D eigenvalue weighted by molar-refractivity contribution is 7.99. The van der Waals surface area contributed by atoms with Gasteiger partial charge in [-0.15, -0.1) is 10.2 Å². The van der Waals surface area contributed by atoms with E-state index in [9.17, 15) is 14.9 Å². The first-order chi connectivity index (χ1) is 13.5. The molecular formula is C18H16N4O5S. The van der Waals surface area contributed by atoms with Gasteiger partial charge in [0.2, 0.25) is 11.8 Å². The van der Waals surface area contributed by atoms with Crippen molar-refractivity contribution in [2.75, 3.05) is 18.2 Å². The molecule has 3 aromatic rings. The van der Waals surface area contributed by atoms with Crippen LogP contribution in [0, 0.1) is 17.0 Å². The number of benzene rings is 2. The minimum atomic E-state index is -0.487. The molecule has 1 amide bonds. The molecule has 0 unspecified atom stereocenters. The summed E-state index contributed by atoms with van der Waals surface area (Å²) in [6.45, 7) is 1.63. The molecule has 1 heterocycles. The molecule has 144 valence electrons. The van der Waals surface area contributed by atoms with Gasteiger partial charge in [-0.1, -0.05) is 17.8 Å². The number of nitro groups is 1. The maximum absolute atomic E-state index is 12.1. The average Bonchev–Trinajstić information content (AvgIpc) is 3.17. The number of nitrogens with one attached hydrogen (secondary N) is 1. The minimum Gasteiger partial charge on any atom is -0.497 e. The number of aromatic nitrogens is 2. The van der Waals surface area contributed by atoms with E-state index < -0.39 is 4.92 Å². The first-order valence-corrected chi connectivity index (χ1v) is 9.10. The van der Waals surface area contributed by atoms with Crippen LogP contribution in [-0.2, 0) is 4.79 Å². The van der Waals surface area contributed by atoms with Crippen LogP contribution in [0.5, 0.6) is 5.75 Å². The first-order valence-electron chi connectivity index (χ1n) is 8.12. The number of carbonyl (C=O) groups is 1. The lowest BCUT2D eigenvalue weighted by molar-refractivity contribution is -0.385. The molecule has 0 spiro atoms. The van der Waals surface area contributed by atoms with Gasteiger partial charge < -0.3 is 14.5 Å². The highest BCUT2D eigenvalue weighted by Crippen LogP contribution is 2.26. The van der Waals surface area contributed by atoms with Gasteiger partial charge in [0.05, 0.1) is 17.8 Å². The fraction of sp³-hybridized carbons (Fsp3) is 0.167. The van der Waals surface area contributed by atoms with E-state index in [1.54, 1.807) is 50.4 Å². The number of nitrogens with zero attached hydrogens (tertiary/aromatic N) is 3. The molecule has 0 aliphatic carbocycles. The number of thioether (sulfide) groups is 1. The van der Waals surface area contributed by atoms with Crippen LogP contribution in [0.3, 0.4) is 0 Å². The Hall–Kier alpha value is -3.40. The van der Waals surface area contributed by atoms with Crippen molar-refractivity contribution < 1.29 is 18.9 Å². The van der Waals surface area contributed by atoms with E-state index in [2.05, 4.69) is 15.5 Å². The van der Waals surface area contributed by atoms with Gasteiger partial charge in [-0.3, -0.25) is 14.9 Å². The van der Waals surface area contributed by atoms with Gasteiger partial charge in [0, 0.05) is 22.9 Å². The van der Waals surface area contributed by atoms with E-state index >= 15 is 0 Å². The summed E-state index contributed by atoms with van der Waals surface area (Å²) in [5, 5.41) is 21.7. The number of rotatable bonds is 7. The average molecular weight is 400 g/mol. The lowest BCUT2D eigenvalue weighted by Gasteiger charge is -2.05. The van der Waals surface area contributed by atoms with Gasteiger partial charge in [0.25, 0.3) is 10.9 Å². The molecule has 3 rings (SSSR count). The number of carbonyl (C=O) groups excluding carboxylic acids is 1. The molecule has 0 saturated heterocycles. The van der Waals surface area contributed by atoms with Crippen LogP contribution in [0.25, 0.3) is 11.5 Å². The van der Waals surface area contributed by atoms with Crippen molar-refractivity contribution in [1.29, 1.82) is 0 Å². The summed E-state index contributed by atoms with van der Waals surface area (Å²) in [4.78, 5) is 22.6. The third kappa shape index (κ3) is 4.65. The predicted molar refractivity (Wildman–Crippen MR) is 103 cm³/mol. The van der Waals surface area contributed by atoms with Crippen LogP contribution in [0.2, 0.25) is 0 Å². The number of hydrogen-bond acceptors (Lipinski definition) is 8. The molecule has 28 heavy (non-hydrogen) atoms. The molecule has 0 bridgehead atoms. The smallest absolute Gasteiger partial charge is 0.277 e. The summed E-state index contributed by atoms with van der Waals surface area (Å²) in [5.41, 5.74) is 1.56. The van der Waals surface area contributed by atoms with Crippen LogP contribution >= 0.6 is 11.8 Å². The second-order valence-corrected chi connectivity index (χ2v) is 6.62. The molecule has 9 nitrogen and oxygen atoms in total. The highest BCUT2D eigenvalue weighted by Gasteiger charge is 2.14. The number of methoxy groups -OCH3 is 1. The number of nitro benzene ring substituents is 1. The first kappa shape index (κ1) is 19.4. The molecule has 0 saturated carbocycles. The fourth-order valence-electron chi connectivity index (χ4n) is 2.33. The Morgan fingerprint density at radius 1 is 1.25 bits per heavy atom. The minimum absolute atomic E-state index is 0.0198. The van der Waals surface area contributed by atoms with Crippen molar-refractivity contribution in [2.24, 2.45) is 0 Å². The highest BCUT2D eigenvalue weighted by atomic mass is 32.2. The predicted octanol–water partition coefficient (Wildman–Crippen LogP) is 3.69. The lowest BCUT2D eigenvalue weighted by atomic mass is 10.2. The van der Waals surface area contributed by atoms with Gasteiger partial charge in [-0.05, 0) is 37.3 Å². The monoisotopic (exact) mass is 400 g/mol. The lowest BCUT2D eigenvalue weighted by Crippen LogP contribution is -2.14. The van der Waals surface area contributed by atoms with E-state index in [0.29, 0.717) is 22.9 Å². The standard InChI is InChI=1S/C18H16N4O5S/c1-11-3-6-13(9-15(11)22(24)25)19-16(23)10-28-18-21-20-17(27-18)12-4-7-14(26-2)8-5-12/h3-9H,10H2,1-2H3,(H,19,23).